The minimum absolute atomic E-state index is 0.000908. The highest BCUT2D eigenvalue weighted by atomic mass is 16.5. The average Bonchev–Trinajstić information content (AvgIpc) is 2.98. The number of aromatic amines is 1. The molecule has 4 rings (SSSR count). The van der Waals surface area contributed by atoms with E-state index in [0.29, 0.717) is 17.4 Å². The largest absolute Gasteiger partial charge is 0.459 e. The molecule has 2 aliphatic carbocycles. The number of carbonyl (C=O) groups is 2. The minimum atomic E-state index is -0.260. The number of esters is 1. The van der Waals surface area contributed by atoms with Crippen LogP contribution in [0.1, 0.15) is 42.5 Å². The van der Waals surface area contributed by atoms with E-state index in [4.69, 9.17) is 10.5 Å². The fourth-order valence-electron chi connectivity index (χ4n) is 4.57. The number of hydrogen-bond donors (Lipinski definition) is 2. The van der Waals surface area contributed by atoms with Gasteiger partial charge in [0.1, 0.15) is 6.10 Å². The van der Waals surface area contributed by atoms with Crippen molar-refractivity contribution in [3.8, 4) is 0 Å². The number of amides is 1. The van der Waals surface area contributed by atoms with E-state index >= 15 is 0 Å². The number of aromatic nitrogens is 1. The van der Waals surface area contributed by atoms with Gasteiger partial charge in [0.15, 0.2) is 0 Å². The number of benzene rings is 1. The van der Waals surface area contributed by atoms with Crippen LogP contribution in [-0.4, -0.2) is 23.0 Å². The van der Waals surface area contributed by atoms with Crippen LogP contribution in [0.5, 0.6) is 0 Å². The summed E-state index contributed by atoms with van der Waals surface area (Å²) in [5.74, 6) is 0.438. The molecule has 2 saturated carbocycles. The van der Waals surface area contributed by atoms with Crippen LogP contribution < -0.4 is 5.73 Å². The van der Waals surface area contributed by atoms with Crippen molar-refractivity contribution in [3.63, 3.8) is 0 Å². The van der Waals surface area contributed by atoms with Crippen molar-refractivity contribution < 1.29 is 14.3 Å². The van der Waals surface area contributed by atoms with Crippen LogP contribution in [0.2, 0.25) is 0 Å². The molecule has 0 spiro atoms. The van der Waals surface area contributed by atoms with Gasteiger partial charge in [-0.15, -0.1) is 0 Å². The normalized spacial score (nSPS) is 29.3. The number of hydrogen-bond acceptors (Lipinski definition) is 3. The van der Waals surface area contributed by atoms with E-state index < -0.39 is 0 Å². The lowest BCUT2D eigenvalue weighted by Crippen LogP contribution is -2.39. The molecular formula is C19H22N2O3. The number of para-hydroxylation sites is 1. The third kappa shape index (κ3) is 2.79. The molecule has 0 radical (unpaired) electrons. The maximum absolute atomic E-state index is 12.6. The summed E-state index contributed by atoms with van der Waals surface area (Å²) in [5.41, 5.74) is 7.01. The first-order chi connectivity index (χ1) is 11.6. The summed E-state index contributed by atoms with van der Waals surface area (Å²) in [6.45, 7) is 0. The van der Waals surface area contributed by atoms with E-state index in [9.17, 15) is 9.59 Å². The van der Waals surface area contributed by atoms with Gasteiger partial charge in [-0.25, -0.2) is 4.79 Å². The highest BCUT2D eigenvalue weighted by molar-refractivity contribution is 6.04. The van der Waals surface area contributed by atoms with Crippen molar-refractivity contribution in [2.45, 2.75) is 38.2 Å². The predicted molar refractivity (Wildman–Crippen MR) is 90.3 cm³/mol. The quantitative estimate of drug-likeness (QED) is 0.850. The number of ether oxygens (including phenoxy) is 1. The molecule has 2 atom stereocenters. The summed E-state index contributed by atoms with van der Waals surface area (Å²) in [6, 6.07) is 7.73. The number of H-pyrrole nitrogens is 1. The molecule has 2 aliphatic rings. The number of primary amides is 1. The van der Waals surface area contributed by atoms with Gasteiger partial charge in [-0.1, -0.05) is 18.2 Å². The lowest BCUT2D eigenvalue weighted by atomic mass is 9.67. The van der Waals surface area contributed by atoms with E-state index in [-0.39, 0.29) is 23.9 Å². The van der Waals surface area contributed by atoms with Gasteiger partial charge >= 0.3 is 5.97 Å². The first-order valence-corrected chi connectivity index (χ1v) is 8.66. The topological polar surface area (TPSA) is 85.2 Å². The van der Waals surface area contributed by atoms with E-state index in [1.807, 2.05) is 24.3 Å². The van der Waals surface area contributed by atoms with E-state index in [1.54, 1.807) is 6.20 Å². The first kappa shape index (κ1) is 15.2. The fraction of sp³-hybridized carbons (Fsp3) is 0.474. The Balaban J connectivity index is 1.45. The standard InChI is InChI=1S/C19H22N2O3/c20-18(22)13-6-11-5-12(7-13)9-14(8-11)24-19(23)16-10-21-17-4-2-1-3-15(16)17/h1-4,10-14,21H,5-9H2,(H2,20,22). The van der Waals surface area contributed by atoms with Crippen molar-refractivity contribution in [3.05, 3.63) is 36.0 Å². The lowest BCUT2D eigenvalue weighted by molar-refractivity contribution is -0.125. The molecule has 1 aromatic carbocycles. The summed E-state index contributed by atoms with van der Waals surface area (Å²) < 4.78 is 5.80. The van der Waals surface area contributed by atoms with Crippen molar-refractivity contribution in [1.29, 1.82) is 0 Å². The van der Waals surface area contributed by atoms with Gasteiger partial charge < -0.3 is 15.5 Å². The number of carbonyl (C=O) groups excluding carboxylic acids is 2. The second-order valence-electron chi connectivity index (χ2n) is 7.29. The second-order valence-corrected chi connectivity index (χ2v) is 7.29. The SMILES string of the molecule is NC(=O)C1CC2CC(CC(OC(=O)c3c[nH]c4ccccc34)C2)C1. The summed E-state index contributed by atoms with van der Waals surface area (Å²) in [7, 11) is 0. The first-order valence-electron chi connectivity index (χ1n) is 8.66. The molecule has 1 heterocycles. The Bertz CT molecular complexity index is 768. The Morgan fingerprint density at radius 3 is 2.46 bits per heavy atom. The summed E-state index contributed by atoms with van der Waals surface area (Å²) in [6.07, 6.45) is 6.16. The Kier molecular flexibility index (Phi) is 3.79. The highest BCUT2D eigenvalue weighted by Crippen LogP contribution is 2.43. The number of fused-ring (bicyclic) bond motifs is 3. The fourth-order valence-corrected chi connectivity index (χ4v) is 4.57. The molecule has 5 heteroatoms. The summed E-state index contributed by atoms with van der Waals surface area (Å²) >= 11 is 0. The Morgan fingerprint density at radius 2 is 1.75 bits per heavy atom. The summed E-state index contributed by atoms with van der Waals surface area (Å²) in [4.78, 5) is 27.1. The van der Waals surface area contributed by atoms with Gasteiger partial charge in [0.2, 0.25) is 5.91 Å². The second kappa shape index (κ2) is 5.96. The van der Waals surface area contributed by atoms with E-state index in [0.717, 1.165) is 43.0 Å². The molecular weight excluding hydrogens is 304 g/mol. The third-order valence-electron chi connectivity index (χ3n) is 5.58. The van der Waals surface area contributed by atoms with Crippen LogP contribution in [0.25, 0.3) is 10.9 Å². The van der Waals surface area contributed by atoms with Gasteiger partial charge in [-0.3, -0.25) is 4.79 Å². The Labute approximate surface area is 140 Å². The van der Waals surface area contributed by atoms with Gasteiger partial charge in [-0.2, -0.15) is 0 Å². The zero-order chi connectivity index (χ0) is 16.7. The van der Waals surface area contributed by atoms with Crippen molar-refractivity contribution in [1.82, 2.24) is 4.98 Å². The van der Waals surface area contributed by atoms with Crippen LogP contribution in [0.15, 0.2) is 30.5 Å². The Morgan fingerprint density at radius 1 is 1.04 bits per heavy atom. The van der Waals surface area contributed by atoms with Crippen LogP contribution >= 0.6 is 0 Å². The molecule has 1 amide bonds. The average molecular weight is 326 g/mol. The molecule has 2 bridgehead atoms. The van der Waals surface area contributed by atoms with Crippen molar-refractivity contribution in [2.24, 2.45) is 23.5 Å². The van der Waals surface area contributed by atoms with Crippen molar-refractivity contribution in [2.75, 3.05) is 0 Å². The minimum Gasteiger partial charge on any atom is -0.459 e. The van der Waals surface area contributed by atoms with E-state index in [1.165, 1.54) is 0 Å². The molecule has 0 saturated heterocycles. The maximum atomic E-state index is 12.6. The zero-order valence-electron chi connectivity index (χ0n) is 13.5. The number of nitrogens with one attached hydrogen (secondary N) is 1. The van der Waals surface area contributed by atoms with Gasteiger partial charge in [-0.05, 0) is 50.0 Å². The molecule has 24 heavy (non-hydrogen) atoms. The van der Waals surface area contributed by atoms with Crippen molar-refractivity contribution >= 4 is 22.8 Å². The molecule has 3 N–H and O–H groups in total. The monoisotopic (exact) mass is 326 g/mol. The van der Waals surface area contributed by atoms with Crippen LogP contribution in [0.3, 0.4) is 0 Å². The summed E-state index contributed by atoms with van der Waals surface area (Å²) in [5, 5.41) is 0.896. The predicted octanol–water partition coefficient (Wildman–Crippen LogP) is 3.00. The highest BCUT2D eigenvalue weighted by Gasteiger charge is 2.39. The number of rotatable bonds is 3. The molecule has 2 fully saturated rings. The zero-order valence-corrected chi connectivity index (χ0v) is 13.5. The third-order valence-corrected chi connectivity index (χ3v) is 5.58. The molecule has 126 valence electrons. The molecule has 2 unspecified atom stereocenters. The smallest absolute Gasteiger partial charge is 0.340 e. The molecule has 1 aromatic heterocycles. The molecule has 0 aliphatic heterocycles. The van der Waals surface area contributed by atoms with E-state index in [2.05, 4.69) is 4.98 Å². The van der Waals surface area contributed by atoms with Gasteiger partial charge in [0.05, 0.1) is 5.56 Å². The van der Waals surface area contributed by atoms with Crippen LogP contribution in [0, 0.1) is 17.8 Å². The van der Waals surface area contributed by atoms with Gasteiger partial charge in [0, 0.05) is 23.0 Å². The molecule has 2 aromatic rings. The maximum Gasteiger partial charge on any atom is 0.340 e. The lowest BCUT2D eigenvalue weighted by Gasteiger charge is -2.41. The molecule has 5 nitrogen and oxygen atoms in total. The van der Waals surface area contributed by atoms with Crippen LogP contribution in [0.4, 0.5) is 0 Å². The number of nitrogens with two attached hydrogens (primary N) is 1. The van der Waals surface area contributed by atoms with Gasteiger partial charge in [0.25, 0.3) is 0 Å². The van der Waals surface area contributed by atoms with Crippen LogP contribution in [-0.2, 0) is 9.53 Å². The Hall–Kier alpha value is -2.30.